The van der Waals surface area contributed by atoms with Crippen LogP contribution in [0.25, 0.3) is 0 Å². The molecule has 1 aromatic heterocycles. The fourth-order valence-corrected chi connectivity index (χ4v) is 4.17. The Kier molecular flexibility index (Phi) is 5.44. The Balaban J connectivity index is 1.49. The number of anilines is 1. The third kappa shape index (κ3) is 4.71. The predicted octanol–water partition coefficient (Wildman–Crippen LogP) is 1.93. The van der Waals surface area contributed by atoms with Gasteiger partial charge in [0.05, 0.1) is 4.90 Å². The van der Waals surface area contributed by atoms with Crippen molar-refractivity contribution in [2.75, 3.05) is 11.9 Å². The third-order valence-electron chi connectivity index (χ3n) is 3.83. The van der Waals surface area contributed by atoms with Crippen LogP contribution in [0, 0.1) is 0 Å². The van der Waals surface area contributed by atoms with Gasteiger partial charge in [-0.05, 0) is 31.9 Å². The molecular weight excluding hydrogens is 376 g/mol. The normalized spacial score (nSPS) is 14.2. The standard InChI is InChI=1S/C16H18N4O4S2/c1-10(21)11-4-6-13(7-5-11)26(23,24)17-9-8-14(22)18-16-20-19-15(25-16)12-2-3-12/h4-7,12,17H,2-3,8-9H2,1H3,(H,18,20,22). The SMILES string of the molecule is CC(=O)c1ccc(S(=O)(=O)NCCC(=O)Nc2nnc(C3CC3)s2)cc1. The molecule has 1 saturated carbocycles. The molecular formula is C16H18N4O4S2. The molecule has 0 atom stereocenters. The highest BCUT2D eigenvalue weighted by Gasteiger charge is 2.27. The summed E-state index contributed by atoms with van der Waals surface area (Å²) < 4.78 is 26.7. The van der Waals surface area contributed by atoms with Crippen LogP contribution in [0.2, 0.25) is 0 Å². The zero-order valence-electron chi connectivity index (χ0n) is 14.1. The van der Waals surface area contributed by atoms with Crippen molar-refractivity contribution in [1.82, 2.24) is 14.9 Å². The van der Waals surface area contributed by atoms with Gasteiger partial charge >= 0.3 is 0 Å². The van der Waals surface area contributed by atoms with Gasteiger partial charge in [-0.1, -0.05) is 23.5 Å². The Labute approximate surface area is 155 Å². The van der Waals surface area contributed by atoms with Gasteiger partial charge in [0.2, 0.25) is 21.1 Å². The lowest BCUT2D eigenvalue weighted by molar-refractivity contribution is -0.116. The van der Waals surface area contributed by atoms with Gasteiger partial charge in [0, 0.05) is 24.4 Å². The summed E-state index contributed by atoms with van der Waals surface area (Å²) in [6.07, 6.45) is 2.19. The fraction of sp³-hybridized carbons (Fsp3) is 0.375. The molecule has 3 rings (SSSR count). The van der Waals surface area contributed by atoms with Crippen molar-refractivity contribution in [1.29, 1.82) is 0 Å². The monoisotopic (exact) mass is 394 g/mol. The maximum absolute atomic E-state index is 12.2. The molecule has 26 heavy (non-hydrogen) atoms. The van der Waals surface area contributed by atoms with Crippen LogP contribution in [0.3, 0.4) is 0 Å². The molecule has 0 unspecified atom stereocenters. The van der Waals surface area contributed by atoms with E-state index in [1.165, 1.54) is 42.5 Å². The van der Waals surface area contributed by atoms with E-state index in [1.54, 1.807) is 0 Å². The molecule has 1 aliphatic carbocycles. The zero-order valence-corrected chi connectivity index (χ0v) is 15.7. The van der Waals surface area contributed by atoms with Crippen LogP contribution < -0.4 is 10.0 Å². The Morgan fingerprint density at radius 3 is 2.50 bits per heavy atom. The van der Waals surface area contributed by atoms with E-state index in [9.17, 15) is 18.0 Å². The van der Waals surface area contributed by atoms with Crippen molar-refractivity contribution < 1.29 is 18.0 Å². The lowest BCUT2D eigenvalue weighted by Gasteiger charge is -2.07. The summed E-state index contributed by atoms with van der Waals surface area (Å²) in [5.41, 5.74) is 0.436. The minimum atomic E-state index is -3.74. The topological polar surface area (TPSA) is 118 Å². The number of aromatic nitrogens is 2. The fourth-order valence-electron chi connectivity index (χ4n) is 2.21. The Hall–Kier alpha value is -2.17. The second kappa shape index (κ2) is 7.60. The number of benzene rings is 1. The lowest BCUT2D eigenvalue weighted by atomic mass is 10.2. The summed E-state index contributed by atoms with van der Waals surface area (Å²) in [5, 5.41) is 11.9. The van der Waals surface area contributed by atoms with Crippen LogP contribution >= 0.6 is 11.3 Å². The first-order valence-electron chi connectivity index (χ1n) is 8.09. The first kappa shape index (κ1) is 18.6. The number of carbonyl (C=O) groups is 2. The van der Waals surface area contributed by atoms with Crippen molar-refractivity contribution in [3.05, 3.63) is 34.8 Å². The van der Waals surface area contributed by atoms with Crippen molar-refractivity contribution in [2.24, 2.45) is 0 Å². The number of hydrogen-bond acceptors (Lipinski definition) is 7. The molecule has 138 valence electrons. The van der Waals surface area contributed by atoms with Gasteiger partial charge in [-0.3, -0.25) is 9.59 Å². The second-order valence-electron chi connectivity index (χ2n) is 6.00. The van der Waals surface area contributed by atoms with Crippen LogP contribution in [0.5, 0.6) is 0 Å². The number of rotatable bonds is 8. The molecule has 10 heteroatoms. The minimum absolute atomic E-state index is 0.0247. The van der Waals surface area contributed by atoms with Crippen LogP contribution in [0.1, 0.15) is 47.5 Å². The largest absolute Gasteiger partial charge is 0.300 e. The molecule has 1 aromatic carbocycles. The maximum Gasteiger partial charge on any atom is 0.240 e. The average Bonchev–Trinajstić information content (AvgIpc) is 3.35. The number of carbonyl (C=O) groups excluding carboxylic acids is 2. The van der Waals surface area contributed by atoms with Crippen molar-refractivity contribution >= 4 is 38.2 Å². The highest BCUT2D eigenvalue weighted by molar-refractivity contribution is 7.89. The van der Waals surface area contributed by atoms with Crippen molar-refractivity contribution in [2.45, 2.75) is 37.0 Å². The molecule has 8 nitrogen and oxygen atoms in total. The van der Waals surface area contributed by atoms with E-state index >= 15 is 0 Å². The third-order valence-corrected chi connectivity index (χ3v) is 6.31. The summed E-state index contributed by atoms with van der Waals surface area (Å²) in [7, 11) is -3.74. The van der Waals surface area contributed by atoms with E-state index in [0.717, 1.165) is 17.8 Å². The van der Waals surface area contributed by atoms with E-state index in [4.69, 9.17) is 0 Å². The number of hydrogen-bond donors (Lipinski definition) is 2. The lowest BCUT2D eigenvalue weighted by Crippen LogP contribution is -2.27. The molecule has 1 heterocycles. The molecule has 0 spiro atoms. The number of nitrogens with zero attached hydrogens (tertiary/aromatic N) is 2. The van der Waals surface area contributed by atoms with Gasteiger partial charge in [0.1, 0.15) is 5.01 Å². The van der Waals surface area contributed by atoms with E-state index < -0.39 is 10.0 Å². The molecule has 1 amide bonds. The Morgan fingerprint density at radius 1 is 1.19 bits per heavy atom. The number of nitrogens with one attached hydrogen (secondary N) is 2. The molecule has 2 aromatic rings. The van der Waals surface area contributed by atoms with E-state index in [0.29, 0.717) is 16.6 Å². The van der Waals surface area contributed by atoms with Gasteiger partial charge < -0.3 is 5.32 Å². The highest BCUT2D eigenvalue weighted by atomic mass is 32.2. The summed E-state index contributed by atoms with van der Waals surface area (Å²) in [6.45, 7) is 1.36. The summed E-state index contributed by atoms with van der Waals surface area (Å²) in [4.78, 5) is 23.2. The molecule has 0 saturated heterocycles. The minimum Gasteiger partial charge on any atom is -0.300 e. The smallest absolute Gasteiger partial charge is 0.240 e. The molecule has 0 aliphatic heterocycles. The predicted molar refractivity (Wildman–Crippen MR) is 96.8 cm³/mol. The van der Waals surface area contributed by atoms with Crippen molar-refractivity contribution in [3.8, 4) is 0 Å². The molecule has 1 fully saturated rings. The van der Waals surface area contributed by atoms with E-state index in [-0.39, 0.29) is 29.6 Å². The average molecular weight is 394 g/mol. The molecule has 2 N–H and O–H groups in total. The van der Waals surface area contributed by atoms with Gasteiger partial charge in [0.25, 0.3) is 0 Å². The van der Waals surface area contributed by atoms with Gasteiger partial charge in [-0.2, -0.15) is 0 Å². The van der Waals surface area contributed by atoms with Crippen LogP contribution in [-0.2, 0) is 14.8 Å². The van der Waals surface area contributed by atoms with Crippen LogP contribution in [-0.4, -0.2) is 36.9 Å². The number of Topliss-reactive ketones (excluding diaryl/α,β-unsaturated/α-hetero) is 1. The van der Waals surface area contributed by atoms with Gasteiger partial charge in [-0.25, -0.2) is 13.1 Å². The summed E-state index contributed by atoms with van der Waals surface area (Å²) in [6, 6.07) is 5.63. The number of ketones is 1. The van der Waals surface area contributed by atoms with E-state index in [2.05, 4.69) is 20.2 Å². The number of amides is 1. The second-order valence-corrected chi connectivity index (χ2v) is 8.77. The summed E-state index contributed by atoms with van der Waals surface area (Å²) >= 11 is 1.35. The molecule has 1 aliphatic rings. The van der Waals surface area contributed by atoms with Crippen LogP contribution in [0.15, 0.2) is 29.2 Å². The first-order valence-corrected chi connectivity index (χ1v) is 10.4. The summed E-state index contributed by atoms with van der Waals surface area (Å²) in [5.74, 6) is -0.00225. The van der Waals surface area contributed by atoms with Gasteiger partial charge in [-0.15, -0.1) is 10.2 Å². The van der Waals surface area contributed by atoms with Gasteiger partial charge in [0.15, 0.2) is 5.78 Å². The quantitative estimate of drug-likeness (QED) is 0.661. The highest BCUT2D eigenvalue weighted by Crippen LogP contribution is 2.42. The Bertz CT molecular complexity index is 918. The zero-order chi connectivity index (χ0) is 18.7. The Morgan fingerprint density at radius 2 is 1.88 bits per heavy atom. The number of sulfonamides is 1. The first-order chi connectivity index (χ1) is 12.3. The van der Waals surface area contributed by atoms with Crippen molar-refractivity contribution in [3.63, 3.8) is 0 Å². The van der Waals surface area contributed by atoms with Crippen LogP contribution in [0.4, 0.5) is 5.13 Å². The molecule has 0 radical (unpaired) electrons. The maximum atomic E-state index is 12.2. The van der Waals surface area contributed by atoms with E-state index in [1.807, 2.05) is 0 Å². The molecule has 0 bridgehead atoms.